The molecular weight excluding hydrogens is 282 g/mol. The van der Waals surface area contributed by atoms with E-state index in [-0.39, 0.29) is 17.1 Å². The fourth-order valence-corrected chi connectivity index (χ4v) is 2.17. The minimum Gasteiger partial charge on any atom is -0.508 e. The Morgan fingerprint density at radius 1 is 1.52 bits per heavy atom. The van der Waals surface area contributed by atoms with E-state index in [0.29, 0.717) is 6.29 Å². The molecule has 2 N–H and O–H groups in total. The molecule has 1 rings (SSSR count). The van der Waals surface area contributed by atoms with E-state index in [0.717, 1.165) is 0 Å². The third-order valence-electron chi connectivity index (χ3n) is 3.08. The molecule has 0 aliphatic rings. The first-order valence-electron chi connectivity index (χ1n) is 6.05. The molecule has 0 saturated heterocycles. The monoisotopic (exact) mass is 297 g/mol. The number of rotatable bonds is 8. The van der Waals surface area contributed by atoms with Gasteiger partial charge in [0.15, 0.2) is 0 Å². The van der Waals surface area contributed by atoms with Crippen molar-refractivity contribution in [2.75, 3.05) is 13.7 Å². The number of hydrogen-bond donors (Lipinski definition) is 2. The molecule has 0 aliphatic heterocycles. The second kappa shape index (κ2) is 7.22. The third kappa shape index (κ3) is 4.16. The maximum absolute atomic E-state index is 11.1. The first-order chi connectivity index (χ1) is 9.90. The molecule has 2 atom stereocenters. The second-order valence-corrected chi connectivity index (χ2v) is 4.41. The van der Waals surface area contributed by atoms with Crippen molar-refractivity contribution in [1.29, 1.82) is 0 Å². The van der Waals surface area contributed by atoms with Crippen LogP contribution in [-0.2, 0) is 9.59 Å². The molecule has 8 nitrogen and oxygen atoms in total. The molecule has 21 heavy (non-hydrogen) atoms. The van der Waals surface area contributed by atoms with Gasteiger partial charge >= 0.3 is 5.97 Å². The lowest BCUT2D eigenvalue weighted by Crippen LogP contribution is -2.25. The van der Waals surface area contributed by atoms with Gasteiger partial charge in [-0.3, -0.25) is 14.9 Å². The Labute approximate surface area is 120 Å². The number of aromatic hydroxyl groups is 1. The van der Waals surface area contributed by atoms with Gasteiger partial charge in [-0.05, 0) is 12.1 Å². The molecule has 0 spiro atoms. The molecule has 0 aliphatic carbocycles. The van der Waals surface area contributed by atoms with E-state index in [4.69, 9.17) is 9.84 Å². The van der Waals surface area contributed by atoms with Gasteiger partial charge < -0.3 is 19.7 Å². The molecule has 0 fully saturated rings. The molecule has 1 aromatic carbocycles. The van der Waals surface area contributed by atoms with Crippen molar-refractivity contribution >= 4 is 12.3 Å². The fraction of sp³-hybridized carbons (Fsp3) is 0.385. The third-order valence-corrected chi connectivity index (χ3v) is 3.08. The molecule has 0 radical (unpaired) electrons. The van der Waals surface area contributed by atoms with Crippen molar-refractivity contribution in [3.8, 4) is 11.5 Å². The van der Waals surface area contributed by atoms with Crippen LogP contribution < -0.4 is 4.74 Å². The van der Waals surface area contributed by atoms with Crippen molar-refractivity contribution in [1.82, 2.24) is 0 Å². The predicted octanol–water partition coefficient (Wildman–Crippen LogP) is 1.05. The van der Waals surface area contributed by atoms with Crippen molar-refractivity contribution in [3.05, 3.63) is 33.9 Å². The van der Waals surface area contributed by atoms with Crippen LogP contribution in [0.5, 0.6) is 11.5 Å². The van der Waals surface area contributed by atoms with Crippen LogP contribution in [0.2, 0.25) is 0 Å². The van der Waals surface area contributed by atoms with Gasteiger partial charge in [-0.15, -0.1) is 0 Å². The number of carboxylic acids is 1. The highest BCUT2D eigenvalue weighted by molar-refractivity contribution is 5.73. The molecule has 1 aromatic rings. The number of nitrogens with zero attached hydrogens (tertiary/aromatic N) is 1. The quantitative estimate of drug-likeness (QED) is 0.417. The average Bonchev–Trinajstić information content (AvgIpc) is 2.42. The molecular formula is C13H15NO7. The normalized spacial score (nSPS) is 13.2. The van der Waals surface area contributed by atoms with E-state index in [1.54, 1.807) is 0 Å². The standard InChI is InChI=1S/C13H15NO7/c1-21-11-4-2-3-10(16)13(11)9(6-14(19)20)8(7-15)5-12(17)18/h2-4,7-9,16H,5-6H2,1H3,(H,17,18). The molecule has 8 heteroatoms. The SMILES string of the molecule is COc1cccc(O)c1C(C[N+](=O)[O-])C(C=O)CC(=O)O. The zero-order valence-electron chi connectivity index (χ0n) is 11.3. The minimum absolute atomic E-state index is 0.0649. The number of methoxy groups -OCH3 is 1. The number of carbonyl (C=O) groups excluding carboxylic acids is 1. The molecule has 0 saturated carbocycles. The van der Waals surface area contributed by atoms with Crippen LogP contribution in [-0.4, -0.2) is 41.0 Å². The minimum atomic E-state index is -1.25. The molecule has 2 unspecified atom stereocenters. The summed E-state index contributed by atoms with van der Waals surface area (Å²) in [5, 5.41) is 29.6. The van der Waals surface area contributed by atoms with Crippen LogP contribution in [0.25, 0.3) is 0 Å². The van der Waals surface area contributed by atoms with Crippen molar-refractivity contribution in [2.24, 2.45) is 5.92 Å². The summed E-state index contributed by atoms with van der Waals surface area (Å²) >= 11 is 0. The van der Waals surface area contributed by atoms with E-state index >= 15 is 0 Å². The largest absolute Gasteiger partial charge is 0.508 e. The van der Waals surface area contributed by atoms with Crippen LogP contribution in [0.3, 0.4) is 0 Å². The topological polar surface area (TPSA) is 127 Å². The molecule has 0 aromatic heterocycles. The Hall–Kier alpha value is -2.64. The van der Waals surface area contributed by atoms with Gasteiger partial charge in [-0.1, -0.05) is 6.07 Å². The number of benzene rings is 1. The Morgan fingerprint density at radius 2 is 2.19 bits per heavy atom. The molecule has 0 heterocycles. The number of phenols is 1. The summed E-state index contributed by atoms with van der Waals surface area (Å²) < 4.78 is 5.04. The highest BCUT2D eigenvalue weighted by Crippen LogP contribution is 2.39. The summed E-state index contributed by atoms with van der Waals surface area (Å²) in [5.41, 5.74) is 0.0649. The van der Waals surface area contributed by atoms with Gasteiger partial charge in [0.25, 0.3) is 0 Å². The van der Waals surface area contributed by atoms with E-state index < -0.39 is 35.7 Å². The highest BCUT2D eigenvalue weighted by atomic mass is 16.6. The number of ether oxygens (including phenoxy) is 1. The highest BCUT2D eigenvalue weighted by Gasteiger charge is 2.33. The number of phenolic OH excluding ortho intramolecular Hbond substituents is 1. The van der Waals surface area contributed by atoms with Gasteiger partial charge in [0.1, 0.15) is 17.8 Å². The first kappa shape index (κ1) is 16.4. The van der Waals surface area contributed by atoms with E-state index in [2.05, 4.69) is 0 Å². The zero-order valence-corrected chi connectivity index (χ0v) is 11.3. The lowest BCUT2D eigenvalue weighted by Gasteiger charge is -2.21. The fourth-order valence-electron chi connectivity index (χ4n) is 2.17. The number of hydrogen-bond acceptors (Lipinski definition) is 6. The summed E-state index contributed by atoms with van der Waals surface area (Å²) in [6.07, 6.45) is -0.215. The Morgan fingerprint density at radius 3 is 2.67 bits per heavy atom. The summed E-state index contributed by atoms with van der Waals surface area (Å²) in [6.45, 7) is -0.690. The maximum Gasteiger partial charge on any atom is 0.304 e. The summed E-state index contributed by atoms with van der Waals surface area (Å²) in [6, 6.07) is 4.26. The molecule has 114 valence electrons. The zero-order chi connectivity index (χ0) is 16.0. The number of aliphatic carboxylic acids is 1. The van der Waals surface area contributed by atoms with Crippen molar-refractivity contribution in [3.63, 3.8) is 0 Å². The van der Waals surface area contributed by atoms with Gasteiger partial charge in [0.2, 0.25) is 6.54 Å². The first-order valence-corrected chi connectivity index (χ1v) is 6.05. The van der Waals surface area contributed by atoms with Crippen molar-refractivity contribution in [2.45, 2.75) is 12.3 Å². The average molecular weight is 297 g/mol. The van der Waals surface area contributed by atoms with Crippen LogP contribution in [0, 0.1) is 16.0 Å². The van der Waals surface area contributed by atoms with Crippen LogP contribution in [0.4, 0.5) is 0 Å². The van der Waals surface area contributed by atoms with Gasteiger partial charge in [-0.25, -0.2) is 0 Å². The van der Waals surface area contributed by atoms with Crippen LogP contribution in [0.15, 0.2) is 18.2 Å². The summed E-state index contributed by atoms with van der Waals surface area (Å²) in [4.78, 5) is 32.1. The maximum atomic E-state index is 11.1. The Bertz CT molecular complexity index is 543. The van der Waals surface area contributed by atoms with Crippen LogP contribution >= 0.6 is 0 Å². The van der Waals surface area contributed by atoms with Gasteiger partial charge in [0.05, 0.1) is 19.4 Å². The van der Waals surface area contributed by atoms with Gasteiger partial charge in [0, 0.05) is 16.4 Å². The number of carboxylic acid groups (broad SMARTS) is 1. The predicted molar refractivity (Wildman–Crippen MR) is 71.1 cm³/mol. The summed E-state index contributed by atoms with van der Waals surface area (Å²) in [5.74, 6) is -3.60. The second-order valence-electron chi connectivity index (χ2n) is 4.41. The molecule has 0 bridgehead atoms. The number of aldehydes is 1. The Kier molecular flexibility index (Phi) is 5.65. The number of nitro groups is 1. The molecule has 0 amide bonds. The number of carbonyl (C=O) groups is 2. The lowest BCUT2D eigenvalue weighted by atomic mass is 9.83. The summed E-state index contributed by atoms with van der Waals surface area (Å²) in [7, 11) is 1.31. The van der Waals surface area contributed by atoms with E-state index in [9.17, 15) is 24.8 Å². The Balaban J connectivity index is 3.33. The van der Waals surface area contributed by atoms with Gasteiger partial charge in [-0.2, -0.15) is 0 Å². The van der Waals surface area contributed by atoms with Crippen molar-refractivity contribution < 1.29 is 29.5 Å². The smallest absolute Gasteiger partial charge is 0.304 e. The van der Waals surface area contributed by atoms with E-state index in [1.165, 1.54) is 25.3 Å². The lowest BCUT2D eigenvalue weighted by molar-refractivity contribution is -0.484. The van der Waals surface area contributed by atoms with E-state index in [1.807, 2.05) is 0 Å². The van der Waals surface area contributed by atoms with Crippen LogP contribution in [0.1, 0.15) is 17.9 Å².